The van der Waals surface area contributed by atoms with Gasteiger partial charge in [-0.3, -0.25) is 0 Å². The van der Waals surface area contributed by atoms with Gasteiger partial charge in [0.15, 0.2) is 0 Å². The van der Waals surface area contributed by atoms with Crippen molar-refractivity contribution < 1.29 is 0 Å². The number of hydrogen-bond donors (Lipinski definition) is 1. The minimum atomic E-state index is 0.105. The third-order valence-corrected chi connectivity index (χ3v) is 3.66. The van der Waals surface area contributed by atoms with E-state index in [1.165, 1.54) is 55.2 Å². The Bertz CT molecular complexity index is 375. The third-order valence-electron chi connectivity index (χ3n) is 3.66. The molecule has 1 atom stereocenters. The van der Waals surface area contributed by atoms with E-state index in [0.717, 1.165) is 0 Å². The molecule has 0 saturated heterocycles. The molecule has 0 radical (unpaired) electrons. The summed E-state index contributed by atoms with van der Waals surface area (Å²) in [4.78, 5) is 0. The summed E-state index contributed by atoms with van der Waals surface area (Å²) in [6.45, 7) is 2.12. The van der Waals surface area contributed by atoms with E-state index in [9.17, 15) is 0 Å². The van der Waals surface area contributed by atoms with Gasteiger partial charge in [-0.1, -0.05) is 54.3 Å². The van der Waals surface area contributed by atoms with Gasteiger partial charge in [-0.15, -0.1) is 0 Å². The molecule has 2 N–H and O–H groups in total. The molecule has 2 rings (SSSR count). The van der Waals surface area contributed by atoms with E-state index >= 15 is 0 Å². The first-order chi connectivity index (χ1) is 8.27. The SMILES string of the molecule is Cc1ccc(C(N)/C2=C/CCCCCC2)cc1. The van der Waals surface area contributed by atoms with Crippen LogP contribution in [0.25, 0.3) is 0 Å². The zero-order valence-electron chi connectivity index (χ0n) is 10.8. The average Bonchev–Trinajstić information content (AvgIpc) is 2.29. The van der Waals surface area contributed by atoms with Crippen molar-refractivity contribution in [2.75, 3.05) is 0 Å². The lowest BCUT2D eigenvalue weighted by atomic mass is 9.91. The van der Waals surface area contributed by atoms with Crippen LogP contribution in [0.15, 0.2) is 35.9 Å². The predicted octanol–water partition coefficient (Wildman–Crippen LogP) is 4.28. The van der Waals surface area contributed by atoms with Gasteiger partial charge in [0.1, 0.15) is 0 Å². The molecular weight excluding hydrogens is 206 g/mol. The lowest BCUT2D eigenvalue weighted by molar-refractivity contribution is 0.602. The molecule has 92 valence electrons. The van der Waals surface area contributed by atoms with Crippen molar-refractivity contribution >= 4 is 0 Å². The van der Waals surface area contributed by atoms with E-state index in [1.54, 1.807) is 0 Å². The van der Waals surface area contributed by atoms with Crippen LogP contribution in [0.4, 0.5) is 0 Å². The number of allylic oxidation sites excluding steroid dienone is 1. The smallest absolute Gasteiger partial charge is 0.0510 e. The fourth-order valence-electron chi connectivity index (χ4n) is 2.49. The fourth-order valence-corrected chi connectivity index (χ4v) is 2.49. The van der Waals surface area contributed by atoms with Gasteiger partial charge in [0, 0.05) is 0 Å². The topological polar surface area (TPSA) is 26.0 Å². The molecule has 1 nitrogen and oxygen atoms in total. The summed E-state index contributed by atoms with van der Waals surface area (Å²) in [5, 5.41) is 0. The van der Waals surface area contributed by atoms with Crippen LogP contribution < -0.4 is 5.73 Å². The summed E-state index contributed by atoms with van der Waals surface area (Å²) in [6.07, 6.45) is 10.1. The van der Waals surface area contributed by atoms with Crippen molar-refractivity contribution in [3.05, 3.63) is 47.0 Å². The quantitative estimate of drug-likeness (QED) is 0.753. The van der Waals surface area contributed by atoms with E-state index in [0.29, 0.717) is 0 Å². The second-order valence-electron chi connectivity index (χ2n) is 5.12. The van der Waals surface area contributed by atoms with Crippen molar-refractivity contribution in [1.82, 2.24) is 0 Å². The molecular formula is C16H23N. The molecule has 0 aromatic heterocycles. The summed E-state index contributed by atoms with van der Waals surface area (Å²) in [6, 6.07) is 8.74. The average molecular weight is 229 g/mol. The van der Waals surface area contributed by atoms with Crippen molar-refractivity contribution in [2.24, 2.45) is 5.73 Å². The van der Waals surface area contributed by atoms with Crippen LogP contribution >= 0.6 is 0 Å². The van der Waals surface area contributed by atoms with Gasteiger partial charge in [-0.25, -0.2) is 0 Å². The van der Waals surface area contributed by atoms with Gasteiger partial charge < -0.3 is 5.73 Å². The van der Waals surface area contributed by atoms with E-state index in [2.05, 4.69) is 37.3 Å². The number of benzene rings is 1. The van der Waals surface area contributed by atoms with Gasteiger partial charge in [0.25, 0.3) is 0 Å². The van der Waals surface area contributed by atoms with Crippen molar-refractivity contribution in [3.8, 4) is 0 Å². The molecule has 0 heterocycles. The Balaban J connectivity index is 2.11. The highest BCUT2D eigenvalue weighted by molar-refractivity contribution is 5.30. The minimum absolute atomic E-state index is 0.105. The Labute approximate surface area is 105 Å². The van der Waals surface area contributed by atoms with Crippen molar-refractivity contribution in [1.29, 1.82) is 0 Å². The molecule has 1 aliphatic rings. The monoisotopic (exact) mass is 229 g/mol. The van der Waals surface area contributed by atoms with E-state index in [-0.39, 0.29) is 6.04 Å². The highest BCUT2D eigenvalue weighted by atomic mass is 14.6. The first kappa shape index (κ1) is 12.4. The molecule has 0 aliphatic heterocycles. The molecule has 0 fully saturated rings. The van der Waals surface area contributed by atoms with Gasteiger partial charge in [-0.05, 0) is 38.2 Å². The molecule has 17 heavy (non-hydrogen) atoms. The highest BCUT2D eigenvalue weighted by Gasteiger charge is 2.12. The molecule has 0 spiro atoms. The summed E-state index contributed by atoms with van der Waals surface area (Å²) in [7, 11) is 0. The second kappa shape index (κ2) is 6.02. The molecule has 1 aromatic carbocycles. The van der Waals surface area contributed by atoms with Crippen LogP contribution in [0.3, 0.4) is 0 Å². The maximum atomic E-state index is 6.37. The van der Waals surface area contributed by atoms with Gasteiger partial charge in [-0.2, -0.15) is 0 Å². The van der Waals surface area contributed by atoms with E-state index in [4.69, 9.17) is 5.73 Å². The summed E-state index contributed by atoms with van der Waals surface area (Å²) in [5.41, 5.74) is 10.4. The lowest BCUT2D eigenvalue weighted by Crippen LogP contribution is -2.14. The Hall–Kier alpha value is -1.08. The Morgan fingerprint density at radius 3 is 2.47 bits per heavy atom. The molecule has 0 saturated carbocycles. The first-order valence-electron chi connectivity index (χ1n) is 6.78. The molecule has 1 heteroatoms. The Morgan fingerprint density at radius 2 is 1.71 bits per heavy atom. The number of rotatable bonds is 2. The molecule has 0 bridgehead atoms. The Morgan fingerprint density at radius 1 is 1.00 bits per heavy atom. The zero-order valence-corrected chi connectivity index (χ0v) is 10.8. The van der Waals surface area contributed by atoms with Crippen LogP contribution in [-0.4, -0.2) is 0 Å². The van der Waals surface area contributed by atoms with Gasteiger partial charge in [0.2, 0.25) is 0 Å². The maximum absolute atomic E-state index is 6.37. The molecule has 1 unspecified atom stereocenters. The predicted molar refractivity (Wildman–Crippen MR) is 73.9 cm³/mol. The summed E-state index contributed by atoms with van der Waals surface area (Å²) >= 11 is 0. The normalized spacial score (nSPS) is 22.1. The molecule has 1 aliphatic carbocycles. The minimum Gasteiger partial charge on any atom is -0.321 e. The number of nitrogens with two attached hydrogens (primary N) is 1. The largest absolute Gasteiger partial charge is 0.321 e. The second-order valence-corrected chi connectivity index (χ2v) is 5.12. The number of aryl methyl sites for hydroxylation is 1. The Kier molecular flexibility index (Phi) is 4.38. The van der Waals surface area contributed by atoms with Gasteiger partial charge >= 0.3 is 0 Å². The van der Waals surface area contributed by atoms with Crippen LogP contribution in [0.2, 0.25) is 0 Å². The van der Waals surface area contributed by atoms with E-state index in [1.807, 2.05) is 0 Å². The standard InChI is InChI=1S/C16H23N/c1-13-9-11-15(12-10-13)16(17)14-7-5-3-2-4-6-8-14/h7,9-12,16H,2-6,8,17H2,1H3/b14-7+. The van der Waals surface area contributed by atoms with Crippen LogP contribution in [0, 0.1) is 6.92 Å². The maximum Gasteiger partial charge on any atom is 0.0510 e. The number of hydrogen-bond acceptors (Lipinski definition) is 1. The highest BCUT2D eigenvalue weighted by Crippen LogP contribution is 2.27. The third kappa shape index (κ3) is 3.44. The van der Waals surface area contributed by atoms with E-state index < -0.39 is 0 Å². The van der Waals surface area contributed by atoms with Crippen molar-refractivity contribution in [2.45, 2.75) is 51.5 Å². The zero-order chi connectivity index (χ0) is 12.1. The summed E-state index contributed by atoms with van der Waals surface area (Å²) in [5.74, 6) is 0. The van der Waals surface area contributed by atoms with Crippen LogP contribution in [-0.2, 0) is 0 Å². The lowest BCUT2D eigenvalue weighted by Gasteiger charge is -2.19. The fraction of sp³-hybridized carbons (Fsp3) is 0.500. The molecule has 0 amide bonds. The van der Waals surface area contributed by atoms with Crippen molar-refractivity contribution in [3.63, 3.8) is 0 Å². The van der Waals surface area contributed by atoms with Gasteiger partial charge in [0.05, 0.1) is 6.04 Å². The van der Waals surface area contributed by atoms with Crippen LogP contribution in [0.1, 0.15) is 55.7 Å². The summed E-state index contributed by atoms with van der Waals surface area (Å²) < 4.78 is 0. The van der Waals surface area contributed by atoms with Crippen LogP contribution in [0.5, 0.6) is 0 Å². The molecule has 1 aromatic rings. The first-order valence-corrected chi connectivity index (χ1v) is 6.78.